The monoisotopic (exact) mass is 254 g/mol. The molecule has 1 N–H and O–H groups in total. The largest absolute Gasteiger partial charge is 0.377 e. The minimum absolute atomic E-state index is 0.558. The quantitative estimate of drug-likeness (QED) is 0.814. The molecule has 0 radical (unpaired) electrons. The van der Waals surface area contributed by atoms with Gasteiger partial charge >= 0.3 is 0 Å². The molecular weight excluding hydrogens is 224 g/mol. The zero-order valence-corrected chi connectivity index (χ0v) is 12.2. The molecule has 2 rings (SSSR count). The highest BCUT2D eigenvalue weighted by molar-refractivity contribution is 4.80. The van der Waals surface area contributed by atoms with Crippen LogP contribution in [0.15, 0.2) is 0 Å². The van der Waals surface area contributed by atoms with Gasteiger partial charge < -0.3 is 10.1 Å². The van der Waals surface area contributed by atoms with Crippen LogP contribution in [0.1, 0.15) is 46.0 Å². The van der Waals surface area contributed by atoms with E-state index in [0.717, 1.165) is 25.6 Å². The van der Waals surface area contributed by atoms with Crippen LogP contribution in [0.25, 0.3) is 0 Å². The predicted molar refractivity (Wildman–Crippen MR) is 75.9 cm³/mol. The first-order valence-electron chi connectivity index (χ1n) is 7.83. The summed E-state index contributed by atoms with van der Waals surface area (Å²) in [7, 11) is 0. The Morgan fingerprint density at radius 3 is 2.72 bits per heavy atom. The first-order valence-corrected chi connectivity index (χ1v) is 7.83. The Labute approximate surface area is 112 Å². The Kier molecular flexibility index (Phi) is 5.93. The lowest BCUT2D eigenvalue weighted by molar-refractivity contribution is 0.0116. The molecule has 0 aromatic carbocycles. The van der Waals surface area contributed by atoms with Gasteiger partial charge in [0.25, 0.3) is 0 Å². The Morgan fingerprint density at radius 2 is 2.00 bits per heavy atom. The summed E-state index contributed by atoms with van der Waals surface area (Å²) in [5.41, 5.74) is 0. The van der Waals surface area contributed by atoms with Gasteiger partial charge in [-0.2, -0.15) is 0 Å². The van der Waals surface area contributed by atoms with Gasteiger partial charge in [-0.25, -0.2) is 0 Å². The van der Waals surface area contributed by atoms with Crippen molar-refractivity contribution >= 4 is 0 Å². The lowest BCUT2D eigenvalue weighted by atomic mass is 9.98. The normalized spacial score (nSPS) is 27.8. The Bertz CT molecular complexity index is 227. The van der Waals surface area contributed by atoms with Crippen molar-refractivity contribution < 1.29 is 4.74 Å². The maximum atomic E-state index is 6.02. The second kappa shape index (κ2) is 7.46. The van der Waals surface area contributed by atoms with Crippen molar-refractivity contribution in [2.75, 3.05) is 32.8 Å². The zero-order chi connectivity index (χ0) is 12.8. The minimum Gasteiger partial charge on any atom is -0.377 e. The first-order chi connectivity index (χ1) is 8.75. The Balaban J connectivity index is 1.60. The molecule has 1 saturated carbocycles. The maximum absolute atomic E-state index is 6.02. The van der Waals surface area contributed by atoms with E-state index in [-0.39, 0.29) is 0 Å². The summed E-state index contributed by atoms with van der Waals surface area (Å²) in [6, 6.07) is 0.661. The molecular formula is C15H30N2O. The molecule has 1 heterocycles. The highest BCUT2D eigenvalue weighted by atomic mass is 16.5. The van der Waals surface area contributed by atoms with Gasteiger partial charge in [0.15, 0.2) is 0 Å². The number of hydrogen-bond donors (Lipinski definition) is 1. The van der Waals surface area contributed by atoms with Crippen molar-refractivity contribution in [2.24, 2.45) is 5.92 Å². The van der Waals surface area contributed by atoms with Crippen molar-refractivity contribution in [3.63, 3.8) is 0 Å². The fraction of sp³-hybridized carbons (Fsp3) is 1.00. The maximum Gasteiger partial charge on any atom is 0.0597 e. The van der Waals surface area contributed by atoms with Crippen LogP contribution in [0.2, 0.25) is 0 Å². The summed E-state index contributed by atoms with van der Waals surface area (Å²) in [6.45, 7) is 10.1. The molecule has 2 fully saturated rings. The van der Waals surface area contributed by atoms with E-state index in [0.29, 0.717) is 12.1 Å². The molecule has 1 saturated heterocycles. The van der Waals surface area contributed by atoms with Gasteiger partial charge in [0.2, 0.25) is 0 Å². The zero-order valence-electron chi connectivity index (χ0n) is 12.2. The predicted octanol–water partition coefficient (Wildman–Crippen LogP) is 2.27. The minimum atomic E-state index is 0.558. The highest BCUT2D eigenvalue weighted by Crippen LogP contribution is 2.20. The van der Waals surface area contributed by atoms with E-state index in [1.54, 1.807) is 0 Å². The van der Waals surface area contributed by atoms with Crippen LogP contribution in [-0.2, 0) is 4.74 Å². The molecule has 1 atom stereocenters. The Hall–Kier alpha value is -0.120. The topological polar surface area (TPSA) is 24.5 Å². The summed E-state index contributed by atoms with van der Waals surface area (Å²) in [5, 5.41) is 3.61. The third-order valence-corrected chi connectivity index (χ3v) is 4.41. The molecule has 0 aromatic heterocycles. The van der Waals surface area contributed by atoms with E-state index in [9.17, 15) is 0 Å². The molecule has 0 bridgehead atoms. The van der Waals surface area contributed by atoms with E-state index < -0.39 is 0 Å². The lowest BCUT2D eigenvalue weighted by Gasteiger charge is -2.36. The van der Waals surface area contributed by atoms with E-state index in [2.05, 4.69) is 24.1 Å². The van der Waals surface area contributed by atoms with Crippen molar-refractivity contribution in [1.29, 1.82) is 0 Å². The molecule has 1 unspecified atom stereocenters. The molecule has 1 aliphatic heterocycles. The van der Waals surface area contributed by atoms with Crippen LogP contribution in [0, 0.1) is 5.92 Å². The molecule has 18 heavy (non-hydrogen) atoms. The number of piperazine rings is 1. The standard InChI is InChI=1S/C15H30N2O/c1-13(2)15-12-17(9-8-16-15)10-11-18-14-6-4-3-5-7-14/h13-16H,3-12H2,1-2H3. The van der Waals surface area contributed by atoms with Crippen LogP contribution >= 0.6 is 0 Å². The van der Waals surface area contributed by atoms with Crippen LogP contribution in [-0.4, -0.2) is 49.8 Å². The van der Waals surface area contributed by atoms with Crippen LogP contribution < -0.4 is 5.32 Å². The third-order valence-electron chi connectivity index (χ3n) is 4.41. The molecule has 0 amide bonds. The average molecular weight is 254 g/mol. The first kappa shape index (κ1) is 14.3. The second-order valence-electron chi connectivity index (χ2n) is 6.24. The molecule has 0 aromatic rings. The fourth-order valence-corrected chi connectivity index (χ4v) is 3.07. The van der Waals surface area contributed by atoms with Gasteiger partial charge in [0.1, 0.15) is 0 Å². The molecule has 0 spiro atoms. The third kappa shape index (κ3) is 4.52. The number of nitrogens with zero attached hydrogens (tertiary/aromatic N) is 1. The molecule has 3 nitrogen and oxygen atoms in total. The van der Waals surface area contributed by atoms with Gasteiger partial charge in [-0.05, 0) is 18.8 Å². The van der Waals surface area contributed by atoms with Crippen LogP contribution in [0.3, 0.4) is 0 Å². The molecule has 2 aliphatic rings. The van der Waals surface area contributed by atoms with E-state index in [1.165, 1.54) is 45.2 Å². The fourth-order valence-electron chi connectivity index (χ4n) is 3.07. The van der Waals surface area contributed by atoms with E-state index in [4.69, 9.17) is 4.74 Å². The van der Waals surface area contributed by atoms with Gasteiger partial charge in [-0.15, -0.1) is 0 Å². The van der Waals surface area contributed by atoms with Crippen molar-refractivity contribution in [1.82, 2.24) is 10.2 Å². The number of rotatable bonds is 5. The van der Waals surface area contributed by atoms with Gasteiger partial charge in [-0.3, -0.25) is 4.90 Å². The Morgan fingerprint density at radius 1 is 1.22 bits per heavy atom. The smallest absolute Gasteiger partial charge is 0.0597 e. The SMILES string of the molecule is CC(C)C1CN(CCOC2CCCCC2)CCN1. The van der Waals surface area contributed by atoms with Gasteiger partial charge in [0.05, 0.1) is 12.7 Å². The van der Waals surface area contributed by atoms with Crippen LogP contribution in [0.4, 0.5) is 0 Å². The van der Waals surface area contributed by atoms with E-state index in [1.807, 2.05) is 0 Å². The summed E-state index contributed by atoms with van der Waals surface area (Å²) in [6.07, 6.45) is 7.28. The molecule has 106 valence electrons. The number of ether oxygens (including phenoxy) is 1. The van der Waals surface area contributed by atoms with Crippen molar-refractivity contribution in [3.05, 3.63) is 0 Å². The second-order valence-corrected chi connectivity index (χ2v) is 6.24. The van der Waals surface area contributed by atoms with Gasteiger partial charge in [0, 0.05) is 32.2 Å². The van der Waals surface area contributed by atoms with Crippen LogP contribution in [0.5, 0.6) is 0 Å². The van der Waals surface area contributed by atoms with Crippen molar-refractivity contribution in [2.45, 2.75) is 58.1 Å². The highest BCUT2D eigenvalue weighted by Gasteiger charge is 2.21. The van der Waals surface area contributed by atoms with E-state index >= 15 is 0 Å². The van der Waals surface area contributed by atoms with Gasteiger partial charge in [-0.1, -0.05) is 33.1 Å². The van der Waals surface area contributed by atoms with Crippen molar-refractivity contribution in [3.8, 4) is 0 Å². The average Bonchev–Trinajstić information content (AvgIpc) is 2.40. The molecule has 1 aliphatic carbocycles. The number of hydrogen-bond acceptors (Lipinski definition) is 3. The number of nitrogens with one attached hydrogen (secondary N) is 1. The summed E-state index contributed by atoms with van der Waals surface area (Å²) < 4.78 is 6.02. The summed E-state index contributed by atoms with van der Waals surface area (Å²) >= 11 is 0. The summed E-state index contributed by atoms with van der Waals surface area (Å²) in [4.78, 5) is 2.56. The molecule has 3 heteroatoms. The lowest BCUT2D eigenvalue weighted by Crippen LogP contribution is -2.53. The summed E-state index contributed by atoms with van der Waals surface area (Å²) in [5.74, 6) is 0.729.